The van der Waals surface area contributed by atoms with Crippen LogP contribution in [-0.4, -0.2) is 15.0 Å². The summed E-state index contributed by atoms with van der Waals surface area (Å²) in [7, 11) is 17.0. The number of furan rings is 1. The molecule has 0 unspecified atom stereocenters. The summed E-state index contributed by atoms with van der Waals surface area (Å²) in [6.45, 7) is 0. The molecule has 0 saturated heterocycles. The maximum absolute atomic E-state index is 5.68. The van der Waals surface area contributed by atoms with Crippen LogP contribution in [0.5, 0.6) is 0 Å². The van der Waals surface area contributed by atoms with Crippen molar-refractivity contribution in [3.05, 3.63) is 18.6 Å². The molecule has 0 bridgehead atoms. The van der Waals surface area contributed by atoms with E-state index in [1.807, 2.05) is 0 Å². The quantitative estimate of drug-likeness (QED) is 0.723. The summed E-state index contributed by atoms with van der Waals surface area (Å²) in [5.74, 6) is 0. The second-order valence-corrected chi connectivity index (χ2v) is 21.3. The molecule has 0 aliphatic heterocycles. The molecule has 0 radical (unpaired) electrons. The van der Waals surface area contributed by atoms with E-state index in [1.54, 1.807) is 6.07 Å². The molecule has 1 rings (SSSR count). The van der Waals surface area contributed by atoms with Crippen LogP contribution < -0.4 is 3.58 Å². The molecule has 1 aromatic rings. The molecule has 0 spiro atoms. The third-order valence-electron chi connectivity index (χ3n) is 0.849. The van der Waals surface area contributed by atoms with Gasteiger partial charge in [-0.2, -0.15) is 0 Å². The van der Waals surface area contributed by atoms with Gasteiger partial charge in [-0.25, -0.2) is 0 Å². The Balaban J connectivity index is 2.90. The van der Waals surface area contributed by atoms with Crippen molar-refractivity contribution in [2.45, 2.75) is 0 Å². The predicted octanol–water partition coefficient (Wildman–Crippen LogP) is 2.14. The van der Waals surface area contributed by atoms with Gasteiger partial charge in [-0.1, -0.05) is 0 Å². The summed E-state index contributed by atoms with van der Waals surface area (Å²) < 4.78 is 5.50. The van der Waals surface area contributed by atoms with Crippen LogP contribution in [0.4, 0.5) is 0 Å². The third kappa shape index (κ3) is 2.22. The van der Waals surface area contributed by atoms with Crippen LogP contribution in [0.15, 0.2) is 23.0 Å². The van der Waals surface area contributed by atoms with Crippen LogP contribution in [0.3, 0.4) is 0 Å². The van der Waals surface area contributed by atoms with Crippen molar-refractivity contribution in [2.75, 3.05) is 0 Å². The van der Waals surface area contributed by atoms with Crippen LogP contribution in [0.1, 0.15) is 0 Å². The first-order valence-corrected chi connectivity index (χ1v) is 14.5. The number of hydrogen-bond donors (Lipinski definition) is 0. The third-order valence-corrected chi connectivity index (χ3v) is 7.92. The minimum absolute atomic E-state index is 0.759. The normalized spacial score (nSPS) is 11.9. The monoisotopic (exact) mass is 292 g/mol. The van der Waals surface area contributed by atoms with Crippen LogP contribution in [0.2, 0.25) is 0 Å². The molecule has 0 atom stereocenters. The second-order valence-electron chi connectivity index (χ2n) is 1.51. The Hall–Kier alpha value is 0.949. The first-order chi connectivity index (χ1) is 4.11. The topological polar surface area (TPSA) is 13.1 Å². The zero-order valence-corrected chi connectivity index (χ0v) is 9.40. The molecule has 0 aliphatic rings. The van der Waals surface area contributed by atoms with E-state index in [-0.39, 0.29) is 0 Å². The molecule has 0 N–H and O–H groups in total. The summed E-state index contributed by atoms with van der Waals surface area (Å²) in [6, 6.07) is 1.70. The van der Waals surface area contributed by atoms with Crippen LogP contribution >= 0.6 is 26.8 Å². The van der Waals surface area contributed by atoms with Gasteiger partial charge in [0, 0.05) is 0 Å². The Labute approximate surface area is 67.9 Å². The van der Waals surface area contributed by atoms with Crippen molar-refractivity contribution in [3.8, 4) is 0 Å². The van der Waals surface area contributed by atoms with E-state index in [0.29, 0.717) is 0 Å². The second kappa shape index (κ2) is 2.91. The zero-order valence-electron chi connectivity index (χ0n) is 4.27. The number of hydrogen-bond acceptors (Lipinski definition) is 1. The minimum atomic E-state index is -3.33. The summed E-state index contributed by atoms with van der Waals surface area (Å²) in [5.41, 5.74) is 0. The Morgan fingerprint density at radius 3 is 2.22 bits per heavy atom. The van der Waals surface area contributed by atoms with E-state index in [2.05, 4.69) is 0 Å². The van der Waals surface area contributed by atoms with E-state index in [0.717, 1.165) is 3.58 Å². The molecule has 1 nitrogen and oxygen atoms in total. The van der Waals surface area contributed by atoms with Crippen molar-refractivity contribution >= 4 is 45.3 Å². The molecule has 9 heavy (non-hydrogen) atoms. The van der Waals surface area contributed by atoms with Gasteiger partial charge in [-0.3, -0.25) is 0 Å². The Morgan fingerprint density at radius 2 is 2.00 bits per heavy atom. The van der Waals surface area contributed by atoms with E-state index >= 15 is 0 Å². The Bertz CT molecular complexity index is 178. The Morgan fingerprint density at radius 1 is 1.33 bits per heavy atom. The SMILES string of the molecule is [Cl][Sn]([Cl])([Cl])[c]1ccoc1. The van der Waals surface area contributed by atoms with Crippen molar-refractivity contribution in [3.63, 3.8) is 0 Å². The van der Waals surface area contributed by atoms with Crippen LogP contribution in [-0.2, 0) is 0 Å². The summed E-state index contributed by atoms with van der Waals surface area (Å²) in [5, 5.41) is 0. The molecule has 0 aliphatic carbocycles. The van der Waals surface area contributed by atoms with Gasteiger partial charge in [0.05, 0.1) is 0 Å². The fraction of sp³-hybridized carbons (Fsp3) is 0. The van der Waals surface area contributed by atoms with Gasteiger partial charge >= 0.3 is 68.3 Å². The predicted molar refractivity (Wildman–Crippen MR) is 41.7 cm³/mol. The number of halogens is 3. The van der Waals surface area contributed by atoms with Gasteiger partial charge in [0.1, 0.15) is 0 Å². The van der Waals surface area contributed by atoms with Gasteiger partial charge in [0.25, 0.3) is 0 Å². The van der Waals surface area contributed by atoms with Gasteiger partial charge in [0.15, 0.2) is 0 Å². The van der Waals surface area contributed by atoms with Gasteiger partial charge in [-0.15, -0.1) is 0 Å². The molecule has 5 heteroatoms. The molecule has 50 valence electrons. The average molecular weight is 292 g/mol. The van der Waals surface area contributed by atoms with Crippen LogP contribution in [0.25, 0.3) is 0 Å². The standard InChI is InChI=1S/C4H3O.3ClH.Sn/c1-2-4-5-3-1;;;;/h1,3-4H;3*1H;/q;;;;+3/p-3. The van der Waals surface area contributed by atoms with E-state index in [9.17, 15) is 0 Å². The first-order valence-electron chi connectivity index (χ1n) is 2.20. The molecule has 1 heterocycles. The fourth-order valence-corrected chi connectivity index (χ4v) is 3.90. The average Bonchev–Trinajstić information content (AvgIpc) is 2.08. The summed E-state index contributed by atoms with van der Waals surface area (Å²) >= 11 is -3.33. The van der Waals surface area contributed by atoms with E-state index < -0.39 is 15.0 Å². The van der Waals surface area contributed by atoms with Crippen molar-refractivity contribution < 1.29 is 4.42 Å². The molecule has 1 aromatic heterocycles. The molecule has 0 amide bonds. The fourth-order valence-electron chi connectivity index (χ4n) is 0.426. The first kappa shape index (κ1) is 8.05. The van der Waals surface area contributed by atoms with Gasteiger partial charge < -0.3 is 0 Å². The van der Waals surface area contributed by atoms with E-state index in [4.69, 9.17) is 31.2 Å². The summed E-state index contributed by atoms with van der Waals surface area (Å²) in [6.07, 6.45) is 3.00. The number of rotatable bonds is 1. The molecular formula is C4H3Cl3OSn. The molecule has 0 aromatic carbocycles. The maximum atomic E-state index is 5.68. The van der Waals surface area contributed by atoms with Gasteiger partial charge in [-0.05, 0) is 0 Å². The van der Waals surface area contributed by atoms with Crippen molar-refractivity contribution in [1.82, 2.24) is 0 Å². The van der Waals surface area contributed by atoms with Crippen molar-refractivity contribution in [2.24, 2.45) is 0 Å². The Kier molecular flexibility index (Phi) is 2.60. The zero-order chi connectivity index (χ0) is 6.91. The van der Waals surface area contributed by atoms with Crippen molar-refractivity contribution in [1.29, 1.82) is 0 Å². The molecular weight excluding hydrogens is 289 g/mol. The molecule has 0 saturated carbocycles. The van der Waals surface area contributed by atoms with Crippen LogP contribution in [0, 0.1) is 0 Å². The molecule has 0 fully saturated rings. The summed E-state index contributed by atoms with van der Waals surface area (Å²) in [4.78, 5) is 0. The van der Waals surface area contributed by atoms with E-state index in [1.165, 1.54) is 12.5 Å². The van der Waals surface area contributed by atoms with Gasteiger partial charge in [0.2, 0.25) is 0 Å².